The van der Waals surface area contributed by atoms with E-state index in [1.807, 2.05) is 37.5 Å². The van der Waals surface area contributed by atoms with Crippen LogP contribution in [-0.4, -0.2) is 26.2 Å². The van der Waals surface area contributed by atoms with Crippen molar-refractivity contribution in [2.45, 2.75) is 6.54 Å². The van der Waals surface area contributed by atoms with Crippen molar-refractivity contribution < 1.29 is 4.74 Å². The molecule has 0 saturated carbocycles. The minimum Gasteiger partial charge on any atom is -0.497 e. The van der Waals surface area contributed by atoms with Crippen molar-refractivity contribution in [3.05, 3.63) is 48.2 Å². The van der Waals surface area contributed by atoms with Crippen molar-refractivity contribution in [1.82, 2.24) is 4.98 Å². The van der Waals surface area contributed by atoms with E-state index in [-0.39, 0.29) is 0 Å². The molecule has 1 heterocycles. The van der Waals surface area contributed by atoms with Gasteiger partial charge in [0.1, 0.15) is 11.6 Å². The van der Waals surface area contributed by atoms with E-state index in [0.717, 1.165) is 23.8 Å². The molecular formula is C15H19N3O. The Labute approximate surface area is 114 Å². The summed E-state index contributed by atoms with van der Waals surface area (Å²) in [6.07, 6.45) is 1.82. The number of anilines is 2. The molecule has 2 aromatic rings. The Morgan fingerprint density at radius 2 is 2.11 bits per heavy atom. The molecule has 0 amide bonds. The molecule has 4 heteroatoms. The predicted octanol–water partition coefficient (Wildman–Crippen LogP) is 2.77. The van der Waals surface area contributed by atoms with Gasteiger partial charge in [-0.25, -0.2) is 4.98 Å². The molecule has 0 spiro atoms. The van der Waals surface area contributed by atoms with Crippen LogP contribution in [0.1, 0.15) is 5.56 Å². The Morgan fingerprint density at radius 3 is 2.84 bits per heavy atom. The Kier molecular flexibility index (Phi) is 4.23. The molecule has 0 bridgehead atoms. The zero-order valence-electron chi connectivity index (χ0n) is 11.6. The second-order valence-electron chi connectivity index (χ2n) is 4.36. The zero-order chi connectivity index (χ0) is 13.7. The zero-order valence-corrected chi connectivity index (χ0v) is 11.6. The molecular weight excluding hydrogens is 238 g/mol. The number of nitrogens with zero attached hydrogens (tertiary/aromatic N) is 2. The highest BCUT2D eigenvalue weighted by Crippen LogP contribution is 2.21. The first-order valence-corrected chi connectivity index (χ1v) is 6.21. The summed E-state index contributed by atoms with van der Waals surface area (Å²) in [7, 11) is 5.62. The average Bonchev–Trinajstić information content (AvgIpc) is 2.47. The first-order chi connectivity index (χ1) is 9.22. The summed E-state index contributed by atoms with van der Waals surface area (Å²) < 4.78 is 5.25. The molecule has 2 rings (SSSR count). The lowest BCUT2D eigenvalue weighted by molar-refractivity contribution is 0.415. The van der Waals surface area contributed by atoms with Crippen molar-refractivity contribution in [2.24, 2.45) is 0 Å². The number of rotatable bonds is 5. The maximum absolute atomic E-state index is 5.25. The van der Waals surface area contributed by atoms with E-state index in [0.29, 0.717) is 0 Å². The van der Waals surface area contributed by atoms with Crippen molar-refractivity contribution in [2.75, 3.05) is 31.4 Å². The lowest BCUT2D eigenvalue weighted by Crippen LogP contribution is -2.16. The average molecular weight is 257 g/mol. The minimum absolute atomic E-state index is 0.824. The van der Waals surface area contributed by atoms with Gasteiger partial charge in [0.25, 0.3) is 0 Å². The van der Waals surface area contributed by atoms with Crippen molar-refractivity contribution >= 4 is 11.5 Å². The van der Waals surface area contributed by atoms with Crippen LogP contribution >= 0.6 is 0 Å². The number of aromatic nitrogens is 1. The first kappa shape index (κ1) is 13.2. The van der Waals surface area contributed by atoms with Gasteiger partial charge in [0, 0.05) is 38.6 Å². The molecule has 0 aliphatic rings. The Balaban J connectivity index is 2.13. The lowest BCUT2D eigenvalue weighted by atomic mass is 10.2. The summed E-state index contributed by atoms with van der Waals surface area (Å²) in [4.78, 5) is 6.39. The van der Waals surface area contributed by atoms with Gasteiger partial charge in [-0.2, -0.15) is 0 Å². The highest BCUT2D eigenvalue weighted by atomic mass is 16.5. The standard InChI is InChI=1S/C15H19N3O/c1-16-15-9-12(7-8-17-15)11-18(2)13-5-4-6-14(10-13)19-3/h4-10H,11H2,1-3H3,(H,16,17). The molecule has 0 aliphatic heterocycles. The third kappa shape index (κ3) is 3.37. The smallest absolute Gasteiger partial charge is 0.125 e. The van der Waals surface area contributed by atoms with E-state index in [2.05, 4.69) is 34.4 Å². The maximum Gasteiger partial charge on any atom is 0.125 e. The van der Waals surface area contributed by atoms with Crippen LogP contribution in [0, 0.1) is 0 Å². The second kappa shape index (κ2) is 6.09. The fourth-order valence-corrected chi connectivity index (χ4v) is 1.92. The van der Waals surface area contributed by atoms with Gasteiger partial charge in [-0.3, -0.25) is 0 Å². The molecule has 0 aliphatic carbocycles. The molecule has 0 fully saturated rings. The quantitative estimate of drug-likeness (QED) is 0.893. The Hall–Kier alpha value is -2.23. The number of nitrogens with one attached hydrogen (secondary N) is 1. The summed E-state index contributed by atoms with van der Waals surface area (Å²) >= 11 is 0. The van der Waals surface area contributed by atoms with E-state index < -0.39 is 0 Å². The molecule has 0 unspecified atom stereocenters. The van der Waals surface area contributed by atoms with Crippen LogP contribution < -0.4 is 15.0 Å². The normalized spacial score (nSPS) is 10.1. The summed E-state index contributed by atoms with van der Waals surface area (Å²) in [6.45, 7) is 0.824. The van der Waals surface area contributed by atoms with Gasteiger partial charge in [-0.1, -0.05) is 6.07 Å². The van der Waals surface area contributed by atoms with E-state index in [1.165, 1.54) is 5.56 Å². The van der Waals surface area contributed by atoms with Gasteiger partial charge in [0.2, 0.25) is 0 Å². The van der Waals surface area contributed by atoms with Crippen LogP contribution in [0.2, 0.25) is 0 Å². The Morgan fingerprint density at radius 1 is 1.26 bits per heavy atom. The molecule has 0 radical (unpaired) electrons. The summed E-state index contributed by atoms with van der Waals surface area (Å²) in [5, 5.41) is 3.05. The lowest BCUT2D eigenvalue weighted by Gasteiger charge is -2.20. The van der Waals surface area contributed by atoms with Gasteiger partial charge < -0.3 is 15.0 Å². The largest absolute Gasteiger partial charge is 0.497 e. The summed E-state index contributed by atoms with van der Waals surface area (Å²) in [5.41, 5.74) is 2.34. The second-order valence-corrected chi connectivity index (χ2v) is 4.36. The molecule has 4 nitrogen and oxygen atoms in total. The molecule has 1 aromatic heterocycles. The third-order valence-corrected chi connectivity index (χ3v) is 2.99. The highest BCUT2D eigenvalue weighted by Gasteiger charge is 2.04. The fourth-order valence-electron chi connectivity index (χ4n) is 1.92. The molecule has 1 aromatic carbocycles. The summed E-state index contributed by atoms with van der Waals surface area (Å²) in [6, 6.07) is 12.1. The van der Waals surface area contributed by atoms with E-state index in [9.17, 15) is 0 Å². The monoisotopic (exact) mass is 257 g/mol. The molecule has 19 heavy (non-hydrogen) atoms. The van der Waals surface area contributed by atoms with Crippen LogP contribution in [-0.2, 0) is 6.54 Å². The third-order valence-electron chi connectivity index (χ3n) is 2.99. The van der Waals surface area contributed by atoms with Crippen LogP contribution in [0.5, 0.6) is 5.75 Å². The number of pyridine rings is 1. The van der Waals surface area contributed by atoms with Crippen LogP contribution in [0.15, 0.2) is 42.6 Å². The van der Waals surface area contributed by atoms with Gasteiger partial charge in [0.15, 0.2) is 0 Å². The van der Waals surface area contributed by atoms with Crippen LogP contribution in [0.25, 0.3) is 0 Å². The van der Waals surface area contributed by atoms with Crippen molar-refractivity contribution in [3.8, 4) is 5.75 Å². The van der Waals surface area contributed by atoms with Crippen molar-refractivity contribution in [3.63, 3.8) is 0 Å². The highest BCUT2D eigenvalue weighted by molar-refractivity contribution is 5.51. The fraction of sp³-hybridized carbons (Fsp3) is 0.267. The van der Waals surface area contributed by atoms with Crippen LogP contribution in [0.4, 0.5) is 11.5 Å². The Bertz CT molecular complexity index is 542. The van der Waals surface area contributed by atoms with Crippen LogP contribution in [0.3, 0.4) is 0 Å². The molecule has 1 N–H and O–H groups in total. The van der Waals surface area contributed by atoms with Gasteiger partial charge in [0.05, 0.1) is 7.11 Å². The number of methoxy groups -OCH3 is 1. The van der Waals surface area contributed by atoms with E-state index >= 15 is 0 Å². The topological polar surface area (TPSA) is 37.4 Å². The minimum atomic E-state index is 0.824. The predicted molar refractivity (Wildman–Crippen MR) is 78.9 cm³/mol. The molecule has 100 valence electrons. The number of benzene rings is 1. The summed E-state index contributed by atoms with van der Waals surface area (Å²) in [5.74, 6) is 1.76. The molecule has 0 saturated heterocycles. The SMILES string of the molecule is CNc1cc(CN(C)c2cccc(OC)c2)ccn1. The number of ether oxygens (including phenoxy) is 1. The number of hydrogen-bond donors (Lipinski definition) is 1. The van der Waals surface area contributed by atoms with Gasteiger partial charge >= 0.3 is 0 Å². The van der Waals surface area contributed by atoms with Gasteiger partial charge in [-0.15, -0.1) is 0 Å². The van der Waals surface area contributed by atoms with Crippen molar-refractivity contribution in [1.29, 1.82) is 0 Å². The van der Waals surface area contributed by atoms with Gasteiger partial charge in [-0.05, 0) is 29.8 Å². The first-order valence-electron chi connectivity index (χ1n) is 6.21. The maximum atomic E-state index is 5.25. The molecule has 0 atom stereocenters. The van der Waals surface area contributed by atoms with E-state index in [4.69, 9.17) is 4.74 Å². The van der Waals surface area contributed by atoms with E-state index in [1.54, 1.807) is 7.11 Å². The number of hydrogen-bond acceptors (Lipinski definition) is 4.